The molecule has 0 saturated heterocycles. The second-order valence-corrected chi connectivity index (χ2v) is 9.46. The van der Waals surface area contributed by atoms with E-state index in [4.69, 9.17) is 15.0 Å². The van der Waals surface area contributed by atoms with Gasteiger partial charge in [-0.3, -0.25) is 0 Å². The van der Waals surface area contributed by atoms with E-state index in [0.717, 1.165) is 22.3 Å². The van der Waals surface area contributed by atoms with Gasteiger partial charge in [0.05, 0.1) is 0 Å². The molecule has 0 saturated carbocycles. The number of aromatic nitrogens is 3. The molecule has 0 aliphatic heterocycles. The highest BCUT2D eigenvalue weighted by atomic mass is 127. The summed E-state index contributed by atoms with van der Waals surface area (Å²) in [5.74, 6) is 1.40. The summed E-state index contributed by atoms with van der Waals surface area (Å²) in [6.07, 6.45) is 0. The molecule has 2 heterocycles. The third-order valence-corrected chi connectivity index (χ3v) is 7.21. The Bertz CT molecular complexity index is 1590. The Morgan fingerprint density at radius 2 is 1.16 bits per heavy atom. The Morgan fingerprint density at radius 1 is 0.531 bits per heavy atom. The molecule has 6 aromatic rings. The van der Waals surface area contributed by atoms with Crippen molar-refractivity contribution in [3.63, 3.8) is 0 Å². The zero-order chi connectivity index (χ0) is 21.5. The minimum Gasteiger partial charge on any atom is -0.208 e. The molecule has 152 valence electrons. The smallest absolute Gasteiger partial charge is 0.194 e. The predicted octanol–water partition coefficient (Wildman–Crippen LogP) is 7.85. The van der Waals surface area contributed by atoms with E-state index in [1.54, 1.807) is 11.3 Å². The molecule has 0 aliphatic carbocycles. The monoisotopic (exact) mass is 541 g/mol. The lowest BCUT2D eigenvalue weighted by Crippen LogP contribution is -2.00. The fraction of sp³-hybridized carbons (Fsp3) is 0. The van der Waals surface area contributed by atoms with Crippen LogP contribution in [0.25, 0.3) is 54.1 Å². The zero-order valence-corrected chi connectivity index (χ0v) is 19.8. The standard InChI is InChI=1S/C27H16IN3S/c28-27-30-25(21-13-5-4-11-18(21)17-9-2-1-3-10-17)29-26(31-27)22-15-8-14-20-19-12-6-7-16-23(19)32-24(20)22/h1-16H. The van der Waals surface area contributed by atoms with Crippen LogP contribution in [0.2, 0.25) is 0 Å². The van der Waals surface area contributed by atoms with Crippen molar-refractivity contribution < 1.29 is 0 Å². The lowest BCUT2D eigenvalue weighted by atomic mass is 9.99. The van der Waals surface area contributed by atoms with Gasteiger partial charge in [-0.15, -0.1) is 11.3 Å². The van der Waals surface area contributed by atoms with Gasteiger partial charge in [-0.25, -0.2) is 15.0 Å². The number of benzene rings is 4. The summed E-state index contributed by atoms with van der Waals surface area (Å²) in [5, 5.41) is 2.51. The zero-order valence-electron chi connectivity index (χ0n) is 16.9. The van der Waals surface area contributed by atoms with Crippen LogP contribution in [-0.4, -0.2) is 15.0 Å². The maximum Gasteiger partial charge on any atom is 0.194 e. The largest absolute Gasteiger partial charge is 0.208 e. The third-order valence-electron chi connectivity index (χ3n) is 5.51. The van der Waals surface area contributed by atoms with Gasteiger partial charge in [0.1, 0.15) is 0 Å². The second kappa shape index (κ2) is 8.07. The maximum atomic E-state index is 4.96. The Balaban J connectivity index is 1.57. The minimum atomic E-state index is 0.684. The van der Waals surface area contributed by atoms with Crippen LogP contribution in [0.15, 0.2) is 97.1 Å². The minimum absolute atomic E-state index is 0.684. The van der Waals surface area contributed by atoms with E-state index < -0.39 is 0 Å². The fourth-order valence-electron chi connectivity index (χ4n) is 4.06. The van der Waals surface area contributed by atoms with E-state index in [-0.39, 0.29) is 0 Å². The number of fused-ring (bicyclic) bond motifs is 3. The molecule has 4 aromatic carbocycles. The highest BCUT2D eigenvalue weighted by Crippen LogP contribution is 2.39. The average Bonchev–Trinajstić information content (AvgIpc) is 3.23. The molecule has 32 heavy (non-hydrogen) atoms. The molecular formula is C27H16IN3S. The molecule has 0 radical (unpaired) electrons. The Morgan fingerprint density at radius 3 is 2.00 bits per heavy atom. The lowest BCUT2D eigenvalue weighted by molar-refractivity contribution is 1.03. The highest BCUT2D eigenvalue weighted by Gasteiger charge is 2.16. The summed E-state index contributed by atoms with van der Waals surface area (Å²) >= 11 is 3.98. The van der Waals surface area contributed by atoms with Crippen molar-refractivity contribution in [2.75, 3.05) is 0 Å². The molecule has 0 fully saturated rings. The van der Waals surface area contributed by atoms with Gasteiger partial charge in [0.2, 0.25) is 0 Å². The fourth-order valence-corrected chi connectivity index (χ4v) is 5.73. The highest BCUT2D eigenvalue weighted by molar-refractivity contribution is 14.1. The van der Waals surface area contributed by atoms with Crippen molar-refractivity contribution in [2.24, 2.45) is 0 Å². The molecule has 0 bridgehead atoms. The lowest BCUT2D eigenvalue weighted by Gasteiger charge is -2.10. The van der Waals surface area contributed by atoms with Gasteiger partial charge >= 0.3 is 0 Å². The van der Waals surface area contributed by atoms with Gasteiger partial charge < -0.3 is 0 Å². The van der Waals surface area contributed by atoms with E-state index in [1.165, 1.54) is 20.2 Å². The first-order valence-electron chi connectivity index (χ1n) is 10.2. The molecule has 0 spiro atoms. The number of nitrogens with zero attached hydrogens (tertiary/aromatic N) is 3. The SMILES string of the molecule is Ic1nc(-c2ccccc2-c2ccccc2)nc(-c2cccc3c2sc2ccccc23)n1. The van der Waals surface area contributed by atoms with Gasteiger partial charge in [0.25, 0.3) is 0 Å². The van der Waals surface area contributed by atoms with Crippen molar-refractivity contribution in [3.8, 4) is 33.9 Å². The summed E-state index contributed by atoms with van der Waals surface area (Å²) in [4.78, 5) is 14.4. The number of hydrogen-bond acceptors (Lipinski definition) is 4. The summed E-state index contributed by atoms with van der Waals surface area (Å²) in [6.45, 7) is 0. The summed E-state index contributed by atoms with van der Waals surface area (Å²) in [5.41, 5.74) is 4.30. The first-order valence-corrected chi connectivity index (χ1v) is 12.1. The van der Waals surface area contributed by atoms with Crippen LogP contribution in [0.1, 0.15) is 0 Å². The quantitative estimate of drug-likeness (QED) is 0.214. The topological polar surface area (TPSA) is 38.7 Å². The summed E-state index contributed by atoms with van der Waals surface area (Å²) in [7, 11) is 0. The molecule has 0 atom stereocenters. The predicted molar refractivity (Wildman–Crippen MR) is 142 cm³/mol. The van der Waals surface area contributed by atoms with Gasteiger partial charge in [-0.1, -0.05) is 84.9 Å². The normalized spacial score (nSPS) is 11.3. The van der Waals surface area contributed by atoms with Crippen LogP contribution >= 0.6 is 33.9 Å². The molecular weight excluding hydrogens is 525 g/mol. The van der Waals surface area contributed by atoms with E-state index in [0.29, 0.717) is 15.5 Å². The number of hydrogen-bond donors (Lipinski definition) is 0. The number of halogens is 1. The summed E-state index contributed by atoms with van der Waals surface area (Å²) in [6, 6.07) is 33.5. The van der Waals surface area contributed by atoms with Crippen molar-refractivity contribution in [2.45, 2.75) is 0 Å². The van der Waals surface area contributed by atoms with Crippen LogP contribution in [0, 0.1) is 3.83 Å². The maximum absolute atomic E-state index is 4.96. The molecule has 3 nitrogen and oxygen atoms in total. The first-order chi connectivity index (χ1) is 15.8. The molecule has 0 aliphatic rings. The van der Waals surface area contributed by atoms with Gasteiger partial charge in [-0.2, -0.15) is 0 Å². The van der Waals surface area contributed by atoms with Crippen LogP contribution in [0.4, 0.5) is 0 Å². The van der Waals surface area contributed by atoms with Crippen molar-refractivity contribution in [1.82, 2.24) is 15.0 Å². The van der Waals surface area contributed by atoms with E-state index >= 15 is 0 Å². The van der Waals surface area contributed by atoms with E-state index in [2.05, 4.69) is 108 Å². The van der Waals surface area contributed by atoms with Gasteiger partial charge in [0.15, 0.2) is 15.5 Å². The third kappa shape index (κ3) is 3.38. The molecule has 0 amide bonds. The number of rotatable bonds is 3. The van der Waals surface area contributed by atoms with Crippen LogP contribution in [0.3, 0.4) is 0 Å². The Labute approximate surface area is 203 Å². The average molecular weight is 541 g/mol. The Hall–Kier alpha value is -3.16. The van der Waals surface area contributed by atoms with E-state index in [9.17, 15) is 0 Å². The van der Waals surface area contributed by atoms with Crippen molar-refractivity contribution >= 4 is 54.1 Å². The number of thiophene rings is 1. The molecule has 6 rings (SSSR count). The molecule has 5 heteroatoms. The van der Waals surface area contributed by atoms with E-state index in [1.807, 2.05) is 12.1 Å². The Kier molecular flexibility index (Phi) is 4.92. The second-order valence-electron chi connectivity index (χ2n) is 7.44. The van der Waals surface area contributed by atoms with Crippen molar-refractivity contribution in [3.05, 3.63) is 101 Å². The van der Waals surface area contributed by atoms with Crippen LogP contribution < -0.4 is 0 Å². The van der Waals surface area contributed by atoms with Crippen LogP contribution in [-0.2, 0) is 0 Å². The molecule has 0 unspecified atom stereocenters. The van der Waals surface area contributed by atoms with Gasteiger partial charge in [0, 0.05) is 53.9 Å². The molecule has 2 aromatic heterocycles. The molecule has 0 N–H and O–H groups in total. The summed E-state index contributed by atoms with van der Waals surface area (Å²) < 4.78 is 3.16. The van der Waals surface area contributed by atoms with Crippen LogP contribution in [0.5, 0.6) is 0 Å². The van der Waals surface area contributed by atoms with Crippen molar-refractivity contribution in [1.29, 1.82) is 0 Å². The van der Waals surface area contributed by atoms with Gasteiger partial charge in [-0.05, 0) is 23.3 Å². The first kappa shape index (κ1) is 19.5.